The van der Waals surface area contributed by atoms with E-state index in [1.807, 2.05) is 18.2 Å². The molecule has 0 aliphatic carbocycles. The van der Waals surface area contributed by atoms with E-state index in [-0.39, 0.29) is 5.56 Å². The largest absolute Gasteiger partial charge is 0.478 e. The van der Waals surface area contributed by atoms with E-state index in [1.54, 1.807) is 18.3 Å². The van der Waals surface area contributed by atoms with Gasteiger partial charge in [0.25, 0.3) is 0 Å². The zero-order valence-corrected chi connectivity index (χ0v) is 10.4. The van der Waals surface area contributed by atoms with Gasteiger partial charge < -0.3 is 16.2 Å². The van der Waals surface area contributed by atoms with Gasteiger partial charge in [-0.3, -0.25) is 5.10 Å². The number of carboxylic acids is 1. The van der Waals surface area contributed by atoms with Crippen molar-refractivity contribution in [3.05, 3.63) is 48.2 Å². The molecule has 0 saturated heterocycles. The molecule has 0 unspecified atom stereocenters. The number of para-hydroxylation sites is 1. The van der Waals surface area contributed by atoms with E-state index in [9.17, 15) is 9.90 Å². The van der Waals surface area contributed by atoms with Crippen LogP contribution in [-0.2, 0) is 0 Å². The average molecular weight is 268 g/mol. The molecule has 0 amide bonds. The number of rotatable bonds is 3. The Morgan fingerprint density at radius 1 is 1.25 bits per heavy atom. The van der Waals surface area contributed by atoms with Crippen LogP contribution in [-0.4, -0.2) is 21.3 Å². The topological polar surface area (TPSA) is 104 Å². The van der Waals surface area contributed by atoms with E-state index >= 15 is 0 Å². The van der Waals surface area contributed by atoms with Gasteiger partial charge in [-0.05, 0) is 24.3 Å². The van der Waals surface area contributed by atoms with Crippen LogP contribution in [0.2, 0.25) is 0 Å². The number of aromatic nitrogens is 2. The molecular weight excluding hydrogens is 256 g/mol. The van der Waals surface area contributed by atoms with Crippen LogP contribution in [0.15, 0.2) is 42.6 Å². The van der Waals surface area contributed by atoms with Gasteiger partial charge >= 0.3 is 5.97 Å². The van der Waals surface area contributed by atoms with Crippen molar-refractivity contribution in [1.29, 1.82) is 0 Å². The van der Waals surface area contributed by atoms with E-state index in [0.29, 0.717) is 11.4 Å². The molecule has 0 bridgehead atoms. The highest BCUT2D eigenvalue weighted by molar-refractivity contribution is 6.01. The van der Waals surface area contributed by atoms with Crippen molar-refractivity contribution in [3.63, 3.8) is 0 Å². The second-order valence-electron chi connectivity index (χ2n) is 4.34. The summed E-state index contributed by atoms with van der Waals surface area (Å²) >= 11 is 0. The van der Waals surface area contributed by atoms with Crippen molar-refractivity contribution in [2.45, 2.75) is 0 Å². The second-order valence-corrected chi connectivity index (χ2v) is 4.34. The molecule has 0 fully saturated rings. The molecule has 6 heteroatoms. The number of hydrogen-bond donors (Lipinski definition) is 4. The van der Waals surface area contributed by atoms with Crippen molar-refractivity contribution >= 4 is 33.9 Å². The van der Waals surface area contributed by atoms with Crippen LogP contribution in [0.5, 0.6) is 0 Å². The van der Waals surface area contributed by atoms with Crippen LogP contribution in [0.4, 0.5) is 17.1 Å². The Balaban J connectivity index is 2.12. The van der Waals surface area contributed by atoms with E-state index < -0.39 is 5.97 Å². The molecule has 0 aliphatic rings. The van der Waals surface area contributed by atoms with Crippen molar-refractivity contribution < 1.29 is 9.90 Å². The highest BCUT2D eigenvalue weighted by Gasteiger charge is 2.13. The number of hydrogen-bond acceptors (Lipinski definition) is 4. The van der Waals surface area contributed by atoms with E-state index in [4.69, 9.17) is 5.73 Å². The zero-order chi connectivity index (χ0) is 14.1. The SMILES string of the molecule is Nc1cccc(C(=O)O)c1Nc1cccc2[nH]ncc12. The number of fused-ring (bicyclic) bond motifs is 1. The third kappa shape index (κ3) is 1.93. The molecule has 100 valence electrons. The molecule has 3 aromatic rings. The predicted octanol–water partition coefficient (Wildman–Crippen LogP) is 2.59. The van der Waals surface area contributed by atoms with Crippen LogP contribution in [0.1, 0.15) is 10.4 Å². The molecule has 0 radical (unpaired) electrons. The predicted molar refractivity (Wildman–Crippen MR) is 77.2 cm³/mol. The molecule has 5 N–H and O–H groups in total. The summed E-state index contributed by atoms with van der Waals surface area (Å²) in [5, 5.41) is 20.0. The van der Waals surface area contributed by atoms with Gasteiger partial charge in [-0.1, -0.05) is 12.1 Å². The lowest BCUT2D eigenvalue weighted by molar-refractivity contribution is 0.0698. The summed E-state index contributed by atoms with van der Waals surface area (Å²) < 4.78 is 0. The summed E-state index contributed by atoms with van der Waals surface area (Å²) in [6, 6.07) is 10.4. The van der Waals surface area contributed by atoms with Gasteiger partial charge in [-0.2, -0.15) is 5.10 Å². The van der Waals surface area contributed by atoms with E-state index in [1.165, 1.54) is 6.07 Å². The Hall–Kier alpha value is -3.02. The van der Waals surface area contributed by atoms with Gasteiger partial charge in [-0.25, -0.2) is 4.79 Å². The molecule has 20 heavy (non-hydrogen) atoms. The number of carboxylic acid groups (broad SMARTS) is 1. The normalized spacial score (nSPS) is 10.6. The van der Waals surface area contributed by atoms with Gasteiger partial charge in [0.2, 0.25) is 0 Å². The molecule has 0 saturated carbocycles. The standard InChI is InChI=1S/C14H12N4O2/c15-10-4-1-3-8(14(19)20)13(10)17-11-5-2-6-12-9(11)7-16-18-12/h1-7,17H,15H2,(H,16,18)(H,19,20). The number of nitrogens with one attached hydrogen (secondary N) is 2. The molecular formula is C14H12N4O2. The number of nitrogens with zero attached hydrogens (tertiary/aromatic N) is 1. The minimum atomic E-state index is -1.03. The Morgan fingerprint density at radius 2 is 2.05 bits per heavy atom. The molecule has 6 nitrogen and oxygen atoms in total. The lowest BCUT2D eigenvalue weighted by Gasteiger charge is -2.12. The molecule has 1 aromatic heterocycles. The number of anilines is 3. The van der Waals surface area contributed by atoms with Gasteiger partial charge in [-0.15, -0.1) is 0 Å². The minimum absolute atomic E-state index is 0.130. The van der Waals surface area contributed by atoms with E-state index in [2.05, 4.69) is 15.5 Å². The first kappa shape index (κ1) is 12.0. The Morgan fingerprint density at radius 3 is 2.85 bits per heavy atom. The smallest absolute Gasteiger partial charge is 0.337 e. The third-order valence-corrected chi connectivity index (χ3v) is 3.07. The van der Waals surface area contributed by atoms with Crippen LogP contribution in [0, 0.1) is 0 Å². The number of carbonyl (C=O) groups is 1. The lowest BCUT2D eigenvalue weighted by Crippen LogP contribution is -2.05. The Bertz CT molecular complexity index is 795. The van der Waals surface area contributed by atoms with Crippen molar-refractivity contribution in [2.24, 2.45) is 0 Å². The number of benzene rings is 2. The van der Waals surface area contributed by atoms with Crippen LogP contribution < -0.4 is 11.1 Å². The summed E-state index contributed by atoms with van der Waals surface area (Å²) in [4.78, 5) is 11.3. The molecule has 0 atom stereocenters. The van der Waals surface area contributed by atoms with Crippen LogP contribution in [0.3, 0.4) is 0 Å². The average Bonchev–Trinajstić information content (AvgIpc) is 2.90. The first-order valence-electron chi connectivity index (χ1n) is 5.97. The number of aromatic carboxylic acids is 1. The summed E-state index contributed by atoms with van der Waals surface area (Å²) in [6.45, 7) is 0. The zero-order valence-electron chi connectivity index (χ0n) is 10.4. The Kier molecular flexibility index (Phi) is 2.76. The van der Waals surface area contributed by atoms with Gasteiger partial charge in [0.05, 0.1) is 28.7 Å². The molecule has 1 heterocycles. The number of H-pyrrole nitrogens is 1. The molecule has 3 rings (SSSR count). The summed E-state index contributed by atoms with van der Waals surface area (Å²) in [6.07, 6.45) is 1.68. The maximum absolute atomic E-state index is 11.3. The van der Waals surface area contributed by atoms with Gasteiger partial charge in [0.1, 0.15) is 0 Å². The Labute approximate surface area is 114 Å². The minimum Gasteiger partial charge on any atom is -0.478 e. The number of nitrogen functional groups attached to an aromatic ring is 1. The molecule has 0 aliphatic heterocycles. The second kappa shape index (κ2) is 4.58. The summed E-state index contributed by atoms with van der Waals surface area (Å²) in [7, 11) is 0. The highest BCUT2D eigenvalue weighted by Crippen LogP contribution is 2.30. The number of nitrogens with two attached hydrogens (primary N) is 1. The first-order chi connectivity index (χ1) is 9.66. The van der Waals surface area contributed by atoms with Crippen molar-refractivity contribution in [3.8, 4) is 0 Å². The third-order valence-electron chi connectivity index (χ3n) is 3.07. The van der Waals surface area contributed by atoms with Crippen LogP contribution >= 0.6 is 0 Å². The fourth-order valence-corrected chi connectivity index (χ4v) is 2.10. The summed E-state index contributed by atoms with van der Waals surface area (Å²) in [5.74, 6) is -1.03. The summed E-state index contributed by atoms with van der Waals surface area (Å²) in [5.41, 5.74) is 8.38. The van der Waals surface area contributed by atoms with Gasteiger partial charge in [0, 0.05) is 11.1 Å². The fourth-order valence-electron chi connectivity index (χ4n) is 2.10. The van der Waals surface area contributed by atoms with Crippen LogP contribution in [0.25, 0.3) is 10.9 Å². The van der Waals surface area contributed by atoms with Crippen molar-refractivity contribution in [2.75, 3.05) is 11.1 Å². The molecule has 2 aromatic carbocycles. The monoisotopic (exact) mass is 268 g/mol. The lowest BCUT2D eigenvalue weighted by atomic mass is 10.1. The van der Waals surface area contributed by atoms with E-state index in [0.717, 1.165) is 16.6 Å². The van der Waals surface area contributed by atoms with Gasteiger partial charge in [0.15, 0.2) is 0 Å². The maximum atomic E-state index is 11.3. The maximum Gasteiger partial charge on any atom is 0.337 e. The number of aromatic amines is 1. The molecule has 0 spiro atoms. The quantitative estimate of drug-likeness (QED) is 0.546. The highest BCUT2D eigenvalue weighted by atomic mass is 16.4. The fraction of sp³-hybridized carbons (Fsp3) is 0. The van der Waals surface area contributed by atoms with Crippen molar-refractivity contribution in [1.82, 2.24) is 10.2 Å². The first-order valence-corrected chi connectivity index (χ1v) is 5.97.